The molecule has 1 saturated heterocycles. The molecule has 0 aliphatic carbocycles. The highest BCUT2D eigenvalue weighted by Crippen LogP contribution is 2.24. The van der Waals surface area contributed by atoms with Gasteiger partial charge in [0, 0.05) is 12.2 Å². The summed E-state index contributed by atoms with van der Waals surface area (Å²) in [7, 11) is 1.62. The van der Waals surface area contributed by atoms with Crippen LogP contribution in [0.25, 0.3) is 0 Å². The molecule has 1 fully saturated rings. The van der Waals surface area contributed by atoms with Crippen LogP contribution in [0.15, 0.2) is 24.3 Å². The lowest BCUT2D eigenvalue weighted by Crippen LogP contribution is -2.59. The van der Waals surface area contributed by atoms with Crippen molar-refractivity contribution in [3.05, 3.63) is 24.3 Å². The first-order valence-corrected chi connectivity index (χ1v) is 6.09. The summed E-state index contributed by atoms with van der Waals surface area (Å²) in [5.41, 5.74) is 5.73. The Labute approximate surface area is 107 Å². The van der Waals surface area contributed by atoms with Crippen molar-refractivity contribution in [2.45, 2.75) is 18.4 Å². The Morgan fingerprint density at radius 2 is 2.17 bits per heavy atom. The summed E-state index contributed by atoms with van der Waals surface area (Å²) in [4.78, 5) is 11.7. The fourth-order valence-electron chi connectivity index (χ4n) is 2.23. The first-order valence-electron chi connectivity index (χ1n) is 6.09. The maximum absolute atomic E-state index is 11.7. The number of nitrogens with two attached hydrogens (primary N) is 1. The predicted molar refractivity (Wildman–Crippen MR) is 70.6 cm³/mol. The Bertz CT molecular complexity index is 411. The third-order valence-electron chi connectivity index (χ3n) is 3.33. The van der Waals surface area contributed by atoms with Crippen molar-refractivity contribution in [2.24, 2.45) is 5.73 Å². The number of methoxy groups -OCH3 is 1. The van der Waals surface area contributed by atoms with E-state index in [2.05, 4.69) is 10.6 Å². The van der Waals surface area contributed by atoms with Gasteiger partial charge in [-0.15, -0.1) is 0 Å². The van der Waals surface area contributed by atoms with Crippen LogP contribution in [0.5, 0.6) is 5.75 Å². The molecule has 1 heterocycles. The Hall–Kier alpha value is -1.75. The van der Waals surface area contributed by atoms with E-state index in [0.717, 1.165) is 30.8 Å². The van der Waals surface area contributed by atoms with Crippen molar-refractivity contribution < 1.29 is 9.53 Å². The number of primary amides is 1. The lowest BCUT2D eigenvalue weighted by Gasteiger charge is -2.36. The zero-order valence-corrected chi connectivity index (χ0v) is 10.5. The van der Waals surface area contributed by atoms with E-state index in [-0.39, 0.29) is 5.91 Å². The molecule has 0 aromatic heterocycles. The van der Waals surface area contributed by atoms with Gasteiger partial charge in [0.15, 0.2) is 0 Å². The lowest BCUT2D eigenvalue weighted by atomic mass is 9.89. The maximum Gasteiger partial charge on any atom is 0.244 e. The lowest BCUT2D eigenvalue weighted by molar-refractivity contribution is -0.122. The fourth-order valence-corrected chi connectivity index (χ4v) is 2.23. The van der Waals surface area contributed by atoms with Crippen LogP contribution < -0.4 is 21.1 Å². The number of piperidine rings is 1. The predicted octanol–water partition coefficient (Wildman–Crippen LogP) is 0.715. The second-order valence-corrected chi connectivity index (χ2v) is 4.58. The van der Waals surface area contributed by atoms with Crippen molar-refractivity contribution in [1.82, 2.24) is 5.32 Å². The molecular formula is C13H19N3O2. The number of nitrogens with one attached hydrogen (secondary N) is 2. The monoisotopic (exact) mass is 249 g/mol. The first kappa shape index (κ1) is 12.7. The van der Waals surface area contributed by atoms with E-state index in [0.29, 0.717) is 6.54 Å². The van der Waals surface area contributed by atoms with Crippen LogP contribution in [0.2, 0.25) is 0 Å². The van der Waals surface area contributed by atoms with E-state index < -0.39 is 5.54 Å². The van der Waals surface area contributed by atoms with Gasteiger partial charge in [-0.05, 0) is 43.7 Å². The van der Waals surface area contributed by atoms with Gasteiger partial charge in [0.1, 0.15) is 11.3 Å². The standard InChI is InChI=1S/C13H19N3O2/c1-18-11-5-3-10(4-6-11)16-13(12(14)17)7-2-8-15-9-13/h3-6,15-16H,2,7-9H2,1H3,(H2,14,17). The molecular weight excluding hydrogens is 230 g/mol. The summed E-state index contributed by atoms with van der Waals surface area (Å²) in [6.07, 6.45) is 1.69. The highest BCUT2D eigenvalue weighted by molar-refractivity contribution is 5.88. The summed E-state index contributed by atoms with van der Waals surface area (Å²) >= 11 is 0. The summed E-state index contributed by atoms with van der Waals surface area (Å²) < 4.78 is 5.10. The summed E-state index contributed by atoms with van der Waals surface area (Å²) in [5.74, 6) is 0.473. The van der Waals surface area contributed by atoms with Gasteiger partial charge >= 0.3 is 0 Å². The fraction of sp³-hybridized carbons (Fsp3) is 0.462. The van der Waals surface area contributed by atoms with Crippen molar-refractivity contribution in [1.29, 1.82) is 0 Å². The number of ether oxygens (including phenoxy) is 1. The molecule has 2 rings (SSSR count). The van der Waals surface area contributed by atoms with Crippen LogP contribution in [0.3, 0.4) is 0 Å². The second kappa shape index (κ2) is 5.27. The number of carbonyl (C=O) groups is 1. The number of rotatable bonds is 4. The molecule has 1 aliphatic heterocycles. The SMILES string of the molecule is COc1ccc(NC2(C(N)=O)CCCNC2)cc1. The summed E-state index contributed by atoms with van der Waals surface area (Å²) in [5, 5.41) is 6.46. The van der Waals surface area contributed by atoms with Crippen LogP contribution >= 0.6 is 0 Å². The molecule has 5 heteroatoms. The van der Waals surface area contributed by atoms with E-state index in [9.17, 15) is 4.79 Å². The first-order chi connectivity index (χ1) is 8.66. The van der Waals surface area contributed by atoms with Gasteiger partial charge in [0.05, 0.1) is 7.11 Å². The van der Waals surface area contributed by atoms with E-state index in [1.807, 2.05) is 24.3 Å². The highest BCUT2D eigenvalue weighted by Gasteiger charge is 2.37. The minimum Gasteiger partial charge on any atom is -0.497 e. The number of carbonyl (C=O) groups excluding carboxylic acids is 1. The van der Waals surface area contributed by atoms with Crippen LogP contribution in [-0.2, 0) is 4.79 Å². The summed E-state index contributed by atoms with van der Waals surface area (Å²) in [6.45, 7) is 1.49. The van der Waals surface area contributed by atoms with Crippen LogP contribution in [0, 0.1) is 0 Å². The van der Waals surface area contributed by atoms with Crippen LogP contribution in [0.4, 0.5) is 5.69 Å². The van der Waals surface area contributed by atoms with Gasteiger partial charge in [-0.1, -0.05) is 0 Å². The number of anilines is 1. The van der Waals surface area contributed by atoms with Gasteiger partial charge in [-0.2, -0.15) is 0 Å². The Balaban J connectivity index is 2.15. The second-order valence-electron chi connectivity index (χ2n) is 4.58. The Kier molecular flexibility index (Phi) is 3.72. The third-order valence-corrected chi connectivity index (χ3v) is 3.33. The van der Waals surface area contributed by atoms with Gasteiger partial charge in [0.25, 0.3) is 0 Å². The smallest absolute Gasteiger partial charge is 0.244 e. The summed E-state index contributed by atoms with van der Waals surface area (Å²) in [6, 6.07) is 7.48. The molecule has 1 aromatic rings. The Morgan fingerprint density at radius 1 is 1.44 bits per heavy atom. The van der Waals surface area contributed by atoms with E-state index in [1.165, 1.54) is 0 Å². The number of benzene rings is 1. The quantitative estimate of drug-likeness (QED) is 0.734. The third kappa shape index (κ3) is 2.56. The molecule has 18 heavy (non-hydrogen) atoms. The van der Waals surface area contributed by atoms with Gasteiger partial charge in [0.2, 0.25) is 5.91 Å². The molecule has 0 bridgehead atoms. The average molecular weight is 249 g/mol. The maximum atomic E-state index is 11.7. The molecule has 1 unspecified atom stereocenters. The van der Waals surface area contributed by atoms with E-state index in [4.69, 9.17) is 10.5 Å². The van der Waals surface area contributed by atoms with E-state index >= 15 is 0 Å². The van der Waals surface area contributed by atoms with Crippen LogP contribution in [-0.4, -0.2) is 31.6 Å². The number of amides is 1. The molecule has 5 nitrogen and oxygen atoms in total. The van der Waals surface area contributed by atoms with Gasteiger partial charge < -0.3 is 21.1 Å². The van der Waals surface area contributed by atoms with Crippen molar-refractivity contribution in [3.63, 3.8) is 0 Å². The zero-order valence-electron chi connectivity index (χ0n) is 10.5. The molecule has 1 aliphatic rings. The minimum absolute atomic E-state index is 0.314. The topological polar surface area (TPSA) is 76.4 Å². The van der Waals surface area contributed by atoms with Gasteiger partial charge in [-0.25, -0.2) is 0 Å². The zero-order chi connectivity index (χ0) is 13.0. The van der Waals surface area contributed by atoms with Crippen LogP contribution in [0.1, 0.15) is 12.8 Å². The van der Waals surface area contributed by atoms with E-state index in [1.54, 1.807) is 7.11 Å². The Morgan fingerprint density at radius 3 is 2.67 bits per heavy atom. The molecule has 0 saturated carbocycles. The molecule has 0 radical (unpaired) electrons. The molecule has 1 aromatic carbocycles. The normalized spacial score (nSPS) is 23.4. The molecule has 4 N–H and O–H groups in total. The molecule has 1 amide bonds. The number of hydrogen-bond donors (Lipinski definition) is 3. The molecule has 98 valence electrons. The molecule has 1 atom stereocenters. The molecule has 0 spiro atoms. The largest absolute Gasteiger partial charge is 0.497 e. The minimum atomic E-state index is -0.688. The average Bonchev–Trinajstić information content (AvgIpc) is 2.40. The number of hydrogen-bond acceptors (Lipinski definition) is 4. The van der Waals surface area contributed by atoms with Crippen molar-refractivity contribution in [2.75, 3.05) is 25.5 Å². The van der Waals surface area contributed by atoms with Crippen molar-refractivity contribution in [3.8, 4) is 5.75 Å². The van der Waals surface area contributed by atoms with Crippen molar-refractivity contribution >= 4 is 11.6 Å². The highest BCUT2D eigenvalue weighted by atomic mass is 16.5. The van der Waals surface area contributed by atoms with Gasteiger partial charge in [-0.3, -0.25) is 4.79 Å².